The summed E-state index contributed by atoms with van der Waals surface area (Å²) in [5.74, 6) is 0.337. The van der Waals surface area contributed by atoms with Crippen molar-refractivity contribution in [2.75, 3.05) is 39.8 Å². The molecule has 0 bridgehead atoms. The first-order valence-electron chi connectivity index (χ1n) is 7.47. The molecule has 1 atom stereocenters. The minimum atomic E-state index is 0.337. The van der Waals surface area contributed by atoms with E-state index in [-0.39, 0.29) is 0 Å². The van der Waals surface area contributed by atoms with Crippen LogP contribution in [0.4, 0.5) is 0 Å². The third kappa shape index (κ3) is 3.69. The van der Waals surface area contributed by atoms with Crippen molar-refractivity contribution in [3.05, 3.63) is 0 Å². The van der Waals surface area contributed by atoms with Crippen LogP contribution in [0.3, 0.4) is 0 Å². The molecule has 104 valence electrons. The summed E-state index contributed by atoms with van der Waals surface area (Å²) in [6, 6.07) is 0.479. The summed E-state index contributed by atoms with van der Waals surface area (Å²) in [7, 11) is 1.91. The van der Waals surface area contributed by atoms with E-state index >= 15 is 0 Å². The van der Waals surface area contributed by atoms with E-state index < -0.39 is 0 Å². The van der Waals surface area contributed by atoms with Crippen molar-refractivity contribution in [2.24, 2.45) is 0 Å². The fraction of sp³-hybridized carbons (Fsp3) is 0.929. The molecule has 0 spiro atoms. The highest BCUT2D eigenvalue weighted by molar-refractivity contribution is 5.77. The van der Waals surface area contributed by atoms with Crippen LogP contribution in [-0.2, 0) is 4.79 Å². The smallest absolute Gasteiger partial charge is 0.224 e. The maximum Gasteiger partial charge on any atom is 0.224 e. The van der Waals surface area contributed by atoms with Gasteiger partial charge in [-0.2, -0.15) is 0 Å². The van der Waals surface area contributed by atoms with Gasteiger partial charge in [-0.15, -0.1) is 0 Å². The largest absolute Gasteiger partial charge is 0.338 e. The molecule has 0 aliphatic carbocycles. The molecule has 0 radical (unpaired) electrons. The van der Waals surface area contributed by atoms with Gasteiger partial charge in [-0.05, 0) is 45.8 Å². The predicted molar refractivity (Wildman–Crippen MR) is 73.6 cm³/mol. The zero-order chi connectivity index (χ0) is 12.8. The third-order valence-electron chi connectivity index (χ3n) is 4.20. The van der Waals surface area contributed by atoms with E-state index in [0.717, 1.165) is 19.6 Å². The van der Waals surface area contributed by atoms with Gasteiger partial charge in [0.25, 0.3) is 0 Å². The highest BCUT2D eigenvalue weighted by Gasteiger charge is 2.29. The van der Waals surface area contributed by atoms with Crippen LogP contribution in [-0.4, -0.2) is 61.5 Å². The minimum absolute atomic E-state index is 0.337. The monoisotopic (exact) mass is 253 g/mol. The van der Waals surface area contributed by atoms with Gasteiger partial charge in [0.15, 0.2) is 0 Å². The van der Waals surface area contributed by atoms with Gasteiger partial charge in [0.05, 0.1) is 0 Å². The van der Waals surface area contributed by atoms with Gasteiger partial charge in [0.2, 0.25) is 5.91 Å². The minimum Gasteiger partial charge on any atom is -0.338 e. The van der Waals surface area contributed by atoms with E-state index in [4.69, 9.17) is 0 Å². The fourth-order valence-electron chi connectivity index (χ4n) is 3.17. The average Bonchev–Trinajstić information content (AvgIpc) is 2.85. The van der Waals surface area contributed by atoms with Crippen molar-refractivity contribution in [2.45, 2.75) is 44.6 Å². The number of carbonyl (C=O) groups excluding carboxylic acids is 1. The maximum atomic E-state index is 12.1. The summed E-state index contributed by atoms with van der Waals surface area (Å²) in [5, 5.41) is 3.06. The SMILES string of the molecule is CNCCC(=O)N1CCCC1CN1CCCCC1. The first-order chi connectivity index (χ1) is 8.81. The number of hydrogen-bond donors (Lipinski definition) is 1. The van der Waals surface area contributed by atoms with Gasteiger partial charge >= 0.3 is 0 Å². The highest BCUT2D eigenvalue weighted by Crippen LogP contribution is 2.20. The van der Waals surface area contributed by atoms with E-state index in [2.05, 4.69) is 15.1 Å². The van der Waals surface area contributed by atoms with Crippen LogP contribution in [0.1, 0.15) is 38.5 Å². The summed E-state index contributed by atoms with van der Waals surface area (Å²) in [6.07, 6.45) is 7.07. The Hall–Kier alpha value is -0.610. The molecule has 4 nitrogen and oxygen atoms in total. The topological polar surface area (TPSA) is 35.6 Å². The molecule has 1 unspecified atom stereocenters. The van der Waals surface area contributed by atoms with Crippen molar-refractivity contribution in [1.29, 1.82) is 0 Å². The van der Waals surface area contributed by atoms with Crippen LogP contribution in [0.5, 0.6) is 0 Å². The van der Waals surface area contributed by atoms with Gasteiger partial charge in [-0.25, -0.2) is 0 Å². The fourth-order valence-corrected chi connectivity index (χ4v) is 3.17. The second-order valence-electron chi connectivity index (χ2n) is 5.60. The second-order valence-corrected chi connectivity index (χ2v) is 5.60. The first-order valence-corrected chi connectivity index (χ1v) is 7.47. The number of nitrogens with one attached hydrogen (secondary N) is 1. The van der Waals surface area contributed by atoms with E-state index in [0.29, 0.717) is 18.4 Å². The lowest BCUT2D eigenvalue weighted by molar-refractivity contribution is -0.132. The molecule has 2 aliphatic heterocycles. The van der Waals surface area contributed by atoms with Crippen molar-refractivity contribution >= 4 is 5.91 Å². The summed E-state index contributed by atoms with van der Waals surface area (Å²) in [5.41, 5.74) is 0. The molecule has 2 rings (SSSR count). The van der Waals surface area contributed by atoms with Crippen molar-refractivity contribution in [3.8, 4) is 0 Å². The van der Waals surface area contributed by atoms with E-state index in [1.54, 1.807) is 0 Å². The molecular weight excluding hydrogens is 226 g/mol. The Bertz CT molecular complexity index is 264. The molecule has 2 fully saturated rings. The Morgan fingerprint density at radius 2 is 1.94 bits per heavy atom. The number of likely N-dealkylation sites (tertiary alicyclic amines) is 2. The number of nitrogens with zero attached hydrogens (tertiary/aromatic N) is 2. The second kappa shape index (κ2) is 7.10. The van der Waals surface area contributed by atoms with Gasteiger partial charge in [-0.1, -0.05) is 6.42 Å². The lowest BCUT2D eigenvalue weighted by Crippen LogP contribution is -2.45. The van der Waals surface area contributed by atoms with Crippen LogP contribution in [0.2, 0.25) is 0 Å². The predicted octanol–water partition coefficient (Wildman–Crippen LogP) is 1.07. The third-order valence-corrected chi connectivity index (χ3v) is 4.20. The lowest BCUT2D eigenvalue weighted by atomic mass is 10.1. The summed E-state index contributed by atoms with van der Waals surface area (Å²) >= 11 is 0. The van der Waals surface area contributed by atoms with E-state index in [9.17, 15) is 4.79 Å². The molecule has 2 saturated heterocycles. The van der Waals surface area contributed by atoms with Crippen molar-refractivity contribution < 1.29 is 4.79 Å². The summed E-state index contributed by atoms with van der Waals surface area (Å²) in [6.45, 7) is 5.34. The zero-order valence-corrected chi connectivity index (χ0v) is 11.7. The quantitative estimate of drug-likeness (QED) is 0.796. The number of carbonyl (C=O) groups is 1. The number of rotatable bonds is 5. The van der Waals surface area contributed by atoms with Gasteiger partial charge < -0.3 is 15.1 Å². The molecule has 0 saturated carbocycles. The van der Waals surface area contributed by atoms with Crippen LogP contribution < -0.4 is 5.32 Å². The van der Waals surface area contributed by atoms with Gasteiger partial charge in [-0.3, -0.25) is 4.79 Å². The molecule has 0 aromatic carbocycles. The molecule has 2 aliphatic rings. The standard InChI is InChI=1S/C14H27N3O/c1-15-8-7-14(18)17-11-5-6-13(17)12-16-9-3-2-4-10-16/h13,15H,2-12H2,1H3. The number of hydrogen-bond acceptors (Lipinski definition) is 3. The van der Waals surface area contributed by atoms with E-state index in [1.165, 1.54) is 45.2 Å². The van der Waals surface area contributed by atoms with Crippen molar-refractivity contribution in [3.63, 3.8) is 0 Å². The Balaban J connectivity index is 1.80. The number of amides is 1. The summed E-state index contributed by atoms with van der Waals surface area (Å²) in [4.78, 5) is 16.8. The molecule has 0 aromatic heterocycles. The first kappa shape index (κ1) is 13.8. The molecule has 4 heteroatoms. The molecule has 18 heavy (non-hydrogen) atoms. The molecule has 0 aromatic rings. The molecule has 1 amide bonds. The van der Waals surface area contributed by atoms with Crippen molar-refractivity contribution in [1.82, 2.24) is 15.1 Å². The molecule has 1 N–H and O–H groups in total. The number of piperidine rings is 1. The van der Waals surface area contributed by atoms with Crippen LogP contribution in [0, 0.1) is 0 Å². The van der Waals surface area contributed by atoms with E-state index in [1.807, 2.05) is 7.05 Å². The molecular formula is C14H27N3O. The normalized spacial score (nSPS) is 25.6. The Labute approximate surface area is 111 Å². The Kier molecular flexibility index (Phi) is 5.45. The van der Waals surface area contributed by atoms with Crippen LogP contribution >= 0.6 is 0 Å². The maximum absolute atomic E-state index is 12.1. The Morgan fingerprint density at radius 3 is 2.67 bits per heavy atom. The van der Waals surface area contributed by atoms with Crippen LogP contribution in [0.15, 0.2) is 0 Å². The molecule has 2 heterocycles. The Morgan fingerprint density at radius 1 is 1.17 bits per heavy atom. The summed E-state index contributed by atoms with van der Waals surface area (Å²) < 4.78 is 0. The average molecular weight is 253 g/mol. The van der Waals surface area contributed by atoms with Crippen LogP contribution in [0.25, 0.3) is 0 Å². The van der Waals surface area contributed by atoms with Gasteiger partial charge in [0, 0.05) is 32.1 Å². The zero-order valence-electron chi connectivity index (χ0n) is 11.7. The lowest BCUT2D eigenvalue weighted by Gasteiger charge is -2.33. The van der Waals surface area contributed by atoms with Gasteiger partial charge in [0.1, 0.15) is 0 Å². The highest BCUT2D eigenvalue weighted by atomic mass is 16.2.